The van der Waals surface area contributed by atoms with Gasteiger partial charge in [-0.3, -0.25) is 9.52 Å². The molecule has 0 atom stereocenters. The van der Waals surface area contributed by atoms with Crippen molar-refractivity contribution in [1.29, 1.82) is 0 Å². The van der Waals surface area contributed by atoms with Crippen molar-refractivity contribution in [1.82, 2.24) is 9.97 Å². The van der Waals surface area contributed by atoms with Crippen LogP contribution in [0.25, 0.3) is 0 Å². The molecule has 8 nitrogen and oxygen atoms in total. The predicted octanol–water partition coefficient (Wildman–Crippen LogP) is 3.18. The molecule has 3 rings (SSSR count). The maximum atomic E-state index is 13.1. The number of anilines is 2. The summed E-state index contributed by atoms with van der Waals surface area (Å²) in [5.74, 6) is -0.116. The molecule has 0 aliphatic heterocycles. The number of ketones is 1. The second kappa shape index (κ2) is 9.42. The van der Waals surface area contributed by atoms with E-state index in [9.17, 15) is 13.2 Å². The zero-order valence-corrected chi connectivity index (χ0v) is 18.5. The van der Waals surface area contributed by atoms with E-state index in [1.54, 1.807) is 12.1 Å². The normalized spacial score (nSPS) is 11.2. The third-order valence-electron chi connectivity index (χ3n) is 4.54. The van der Waals surface area contributed by atoms with Gasteiger partial charge in [0.1, 0.15) is 11.5 Å². The summed E-state index contributed by atoms with van der Waals surface area (Å²) < 4.78 is 28.3. The van der Waals surface area contributed by atoms with Crippen molar-refractivity contribution in [3.63, 3.8) is 0 Å². The molecule has 0 saturated heterocycles. The van der Waals surface area contributed by atoms with E-state index < -0.39 is 15.8 Å². The number of halogens is 1. The highest BCUT2D eigenvalue weighted by Gasteiger charge is 2.22. The molecule has 0 amide bonds. The molecule has 0 aliphatic carbocycles. The van der Waals surface area contributed by atoms with Crippen molar-refractivity contribution in [2.45, 2.75) is 18.7 Å². The summed E-state index contributed by atoms with van der Waals surface area (Å²) in [4.78, 5) is 21.3. The van der Waals surface area contributed by atoms with Crippen LogP contribution in [-0.2, 0) is 10.0 Å². The predicted molar refractivity (Wildman–Crippen MR) is 119 cm³/mol. The summed E-state index contributed by atoms with van der Waals surface area (Å²) in [6.07, 6.45) is 2.70. The minimum Gasteiger partial charge on any atom is -0.395 e. The first-order valence-corrected chi connectivity index (χ1v) is 11.2. The van der Waals surface area contributed by atoms with Gasteiger partial charge < -0.3 is 10.4 Å². The molecule has 0 fully saturated rings. The Hall–Kier alpha value is -3.01. The molecule has 3 N–H and O–H groups in total. The van der Waals surface area contributed by atoms with Crippen LogP contribution in [0.3, 0.4) is 0 Å². The first kappa shape index (κ1) is 22.7. The van der Waals surface area contributed by atoms with E-state index in [1.165, 1.54) is 36.7 Å². The summed E-state index contributed by atoms with van der Waals surface area (Å²) >= 11 is 6.02. The fraction of sp³-hybridized carbons (Fsp3) is 0.190. The number of rotatable bonds is 8. The average Bonchev–Trinajstić information content (AvgIpc) is 2.73. The molecule has 0 radical (unpaired) electrons. The smallest absolute Gasteiger partial charge is 0.261 e. The van der Waals surface area contributed by atoms with Gasteiger partial charge in [0.25, 0.3) is 10.0 Å². The molecule has 0 unspecified atom stereocenters. The Balaban J connectivity index is 1.97. The standard InChI is InChI=1S/C21H21ClN4O4S/c1-13-3-4-17(9-14(13)2)31(29,30)26-18-11-16(22)12-25-20(18)21(28)15-5-6-23-19(10-15)24-7-8-27/h3-6,9-12,26-27H,7-8H2,1-2H3,(H,23,24). The number of carbonyl (C=O) groups excluding carboxylic acids is 1. The van der Waals surface area contributed by atoms with E-state index >= 15 is 0 Å². The minimum atomic E-state index is -3.98. The van der Waals surface area contributed by atoms with Crippen LogP contribution >= 0.6 is 11.6 Å². The first-order valence-electron chi connectivity index (χ1n) is 9.32. The molecule has 0 saturated carbocycles. The number of benzene rings is 1. The highest BCUT2D eigenvalue weighted by molar-refractivity contribution is 7.92. The lowest BCUT2D eigenvalue weighted by Crippen LogP contribution is -2.17. The number of aliphatic hydroxyl groups is 1. The molecule has 0 spiro atoms. The van der Waals surface area contributed by atoms with Crippen LogP contribution in [0.15, 0.2) is 53.7 Å². The van der Waals surface area contributed by atoms with Crippen molar-refractivity contribution in [2.75, 3.05) is 23.2 Å². The molecule has 0 aliphatic rings. The van der Waals surface area contributed by atoms with Crippen molar-refractivity contribution in [2.24, 2.45) is 0 Å². The van der Waals surface area contributed by atoms with Gasteiger partial charge in [0.15, 0.2) is 0 Å². The van der Waals surface area contributed by atoms with Gasteiger partial charge in [-0.05, 0) is 55.3 Å². The van der Waals surface area contributed by atoms with Crippen molar-refractivity contribution in [3.8, 4) is 0 Å². The van der Waals surface area contributed by atoms with Crippen LogP contribution in [-0.4, -0.2) is 42.4 Å². The van der Waals surface area contributed by atoms with Crippen LogP contribution < -0.4 is 10.0 Å². The number of sulfonamides is 1. The number of carbonyl (C=O) groups is 1. The maximum Gasteiger partial charge on any atom is 0.261 e. The van der Waals surface area contributed by atoms with Crippen LogP contribution in [0.5, 0.6) is 0 Å². The lowest BCUT2D eigenvalue weighted by atomic mass is 10.1. The molecule has 2 heterocycles. The van der Waals surface area contributed by atoms with Crippen LogP contribution in [0.1, 0.15) is 27.2 Å². The van der Waals surface area contributed by atoms with E-state index in [4.69, 9.17) is 16.7 Å². The van der Waals surface area contributed by atoms with Gasteiger partial charge in [0.05, 0.1) is 22.2 Å². The molecular formula is C21H21ClN4O4S. The van der Waals surface area contributed by atoms with E-state index in [1.807, 2.05) is 13.8 Å². The number of nitrogens with zero attached hydrogens (tertiary/aromatic N) is 2. The monoisotopic (exact) mass is 460 g/mol. The molecule has 162 valence electrons. The van der Waals surface area contributed by atoms with Crippen molar-refractivity contribution >= 4 is 38.9 Å². The van der Waals surface area contributed by atoms with Gasteiger partial charge >= 0.3 is 0 Å². The Kier molecular flexibility index (Phi) is 6.89. The Bertz CT molecular complexity index is 1230. The first-order chi connectivity index (χ1) is 14.7. The van der Waals surface area contributed by atoms with E-state index in [2.05, 4.69) is 20.0 Å². The average molecular weight is 461 g/mol. The SMILES string of the molecule is Cc1ccc(S(=O)(=O)Nc2cc(Cl)cnc2C(=O)c2ccnc(NCCO)c2)cc1C. The molecule has 31 heavy (non-hydrogen) atoms. The summed E-state index contributed by atoms with van der Waals surface area (Å²) in [5, 5.41) is 12.0. The highest BCUT2D eigenvalue weighted by Crippen LogP contribution is 2.25. The Morgan fingerprint density at radius 3 is 2.58 bits per heavy atom. The summed E-state index contributed by atoms with van der Waals surface area (Å²) in [6.45, 7) is 3.87. The van der Waals surface area contributed by atoms with Gasteiger partial charge in [-0.1, -0.05) is 17.7 Å². The fourth-order valence-electron chi connectivity index (χ4n) is 2.77. The van der Waals surface area contributed by atoms with Crippen molar-refractivity contribution < 1.29 is 18.3 Å². The Labute approximate surface area is 185 Å². The Morgan fingerprint density at radius 1 is 1.10 bits per heavy atom. The van der Waals surface area contributed by atoms with Gasteiger partial charge in [0.2, 0.25) is 5.78 Å². The minimum absolute atomic E-state index is 0.0302. The van der Waals surface area contributed by atoms with Crippen LogP contribution in [0.4, 0.5) is 11.5 Å². The zero-order valence-electron chi connectivity index (χ0n) is 16.9. The molecular weight excluding hydrogens is 440 g/mol. The number of hydrogen-bond donors (Lipinski definition) is 3. The van der Waals surface area contributed by atoms with Crippen molar-refractivity contribution in [3.05, 3.63) is 76.2 Å². The lowest BCUT2D eigenvalue weighted by Gasteiger charge is -2.13. The molecule has 3 aromatic rings. The molecule has 10 heteroatoms. The fourth-order valence-corrected chi connectivity index (χ4v) is 4.07. The van der Waals surface area contributed by atoms with E-state index in [0.29, 0.717) is 5.82 Å². The second-order valence-corrected chi connectivity index (χ2v) is 8.93. The number of pyridine rings is 2. The van der Waals surface area contributed by atoms with Gasteiger partial charge in [-0.2, -0.15) is 0 Å². The third kappa shape index (κ3) is 5.38. The lowest BCUT2D eigenvalue weighted by molar-refractivity contribution is 0.103. The molecule has 1 aromatic carbocycles. The number of aliphatic hydroxyl groups excluding tert-OH is 1. The summed E-state index contributed by atoms with van der Waals surface area (Å²) in [6, 6.07) is 9.09. The topological polar surface area (TPSA) is 121 Å². The summed E-state index contributed by atoms with van der Waals surface area (Å²) in [7, 11) is -3.98. The number of hydrogen-bond acceptors (Lipinski definition) is 7. The third-order valence-corrected chi connectivity index (χ3v) is 6.11. The van der Waals surface area contributed by atoms with Crippen LogP contribution in [0.2, 0.25) is 5.02 Å². The van der Waals surface area contributed by atoms with Crippen LogP contribution in [0, 0.1) is 13.8 Å². The second-order valence-electron chi connectivity index (χ2n) is 6.81. The Morgan fingerprint density at radius 2 is 1.87 bits per heavy atom. The van der Waals surface area contributed by atoms with E-state index in [0.717, 1.165) is 11.1 Å². The van der Waals surface area contributed by atoms with E-state index in [-0.39, 0.29) is 40.0 Å². The highest BCUT2D eigenvalue weighted by atomic mass is 35.5. The number of nitrogens with one attached hydrogen (secondary N) is 2. The maximum absolute atomic E-state index is 13.1. The largest absolute Gasteiger partial charge is 0.395 e. The number of aryl methyl sites for hydroxylation is 2. The summed E-state index contributed by atoms with van der Waals surface area (Å²) in [5.41, 5.74) is 1.90. The molecule has 0 bridgehead atoms. The van der Waals surface area contributed by atoms with Gasteiger partial charge in [-0.15, -0.1) is 0 Å². The zero-order chi connectivity index (χ0) is 22.6. The number of aromatic nitrogens is 2. The van der Waals surface area contributed by atoms with Gasteiger partial charge in [-0.25, -0.2) is 18.4 Å². The van der Waals surface area contributed by atoms with Gasteiger partial charge in [0, 0.05) is 24.5 Å². The quantitative estimate of drug-likeness (QED) is 0.441. The molecule has 2 aromatic heterocycles.